The molecule has 1 aliphatic rings. The van der Waals surface area contributed by atoms with Crippen molar-refractivity contribution in [1.82, 2.24) is 14.1 Å². The minimum atomic E-state index is -0.176. The Hall–Kier alpha value is -4.25. The summed E-state index contributed by atoms with van der Waals surface area (Å²) in [6, 6.07) is 21.0. The van der Waals surface area contributed by atoms with Gasteiger partial charge in [0.25, 0.3) is 0 Å². The molecular formula is C28H22N4O. The Morgan fingerprint density at radius 1 is 0.909 bits per heavy atom. The third kappa shape index (κ3) is 2.89. The van der Waals surface area contributed by atoms with E-state index in [2.05, 4.69) is 57.5 Å². The lowest BCUT2D eigenvalue weighted by atomic mass is 9.96. The third-order valence-electron chi connectivity index (χ3n) is 6.83. The molecule has 0 saturated heterocycles. The number of aromatic amines is 1. The van der Waals surface area contributed by atoms with Crippen molar-refractivity contribution < 1.29 is 4.79 Å². The van der Waals surface area contributed by atoms with E-state index in [1.165, 1.54) is 34.0 Å². The summed E-state index contributed by atoms with van der Waals surface area (Å²) < 4.78 is 4.00. The Kier molecular flexibility index (Phi) is 3.82. The number of hydrogen-bond acceptors (Lipinski definition) is 1. The monoisotopic (exact) mass is 430 g/mol. The molecule has 0 fully saturated rings. The molecule has 1 amide bonds. The van der Waals surface area contributed by atoms with Gasteiger partial charge in [-0.05, 0) is 65.3 Å². The van der Waals surface area contributed by atoms with E-state index in [-0.39, 0.29) is 6.03 Å². The zero-order valence-corrected chi connectivity index (χ0v) is 18.0. The summed E-state index contributed by atoms with van der Waals surface area (Å²) in [5.41, 5.74) is 6.99. The summed E-state index contributed by atoms with van der Waals surface area (Å²) in [5, 5.41) is 7.42. The van der Waals surface area contributed by atoms with E-state index in [4.69, 9.17) is 0 Å². The normalized spacial score (nSPS) is 13.2. The highest BCUT2D eigenvalue weighted by Crippen LogP contribution is 2.33. The summed E-state index contributed by atoms with van der Waals surface area (Å²) in [6.07, 6.45) is 10.1. The van der Waals surface area contributed by atoms with E-state index in [1.54, 1.807) is 4.57 Å². The molecule has 33 heavy (non-hydrogen) atoms. The quantitative estimate of drug-likeness (QED) is 0.313. The molecule has 6 aromatic rings. The first-order valence-electron chi connectivity index (χ1n) is 11.3. The number of carbonyl (C=O) groups is 1. The van der Waals surface area contributed by atoms with E-state index in [0.717, 1.165) is 40.3 Å². The maximum atomic E-state index is 13.0. The summed E-state index contributed by atoms with van der Waals surface area (Å²) in [5.74, 6) is 0. The minimum Gasteiger partial charge on any atom is -0.359 e. The van der Waals surface area contributed by atoms with Crippen LogP contribution >= 0.6 is 0 Å². The zero-order chi connectivity index (χ0) is 21.9. The van der Waals surface area contributed by atoms with Gasteiger partial charge in [0.1, 0.15) is 0 Å². The van der Waals surface area contributed by atoms with Crippen LogP contribution in [0.2, 0.25) is 0 Å². The van der Waals surface area contributed by atoms with Gasteiger partial charge in [0.05, 0.1) is 11.2 Å². The lowest BCUT2D eigenvalue weighted by molar-refractivity contribution is 0.253. The topological polar surface area (TPSA) is 54.8 Å². The second-order valence-electron chi connectivity index (χ2n) is 8.87. The SMILES string of the molecule is O=C(Nc1c[nH]c2ccccc12)n1cc2ccc(-c3cc4c5c(ccn5CCC4)c3)cc2c1. The van der Waals surface area contributed by atoms with Gasteiger partial charge in [-0.3, -0.25) is 4.57 Å². The summed E-state index contributed by atoms with van der Waals surface area (Å²) in [7, 11) is 0. The molecule has 3 aromatic heterocycles. The Labute approximate surface area is 190 Å². The molecule has 0 bridgehead atoms. The van der Waals surface area contributed by atoms with Gasteiger partial charge >= 0.3 is 6.03 Å². The van der Waals surface area contributed by atoms with Crippen LogP contribution in [-0.4, -0.2) is 20.1 Å². The highest BCUT2D eigenvalue weighted by atomic mass is 16.2. The first kappa shape index (κ1) is 18.3. The van der Waals surface area contributed by atoms with Crippen LogP contribution in [-0.2, 0) is 13.0 Å². The molecule has 0 radical (unpaired) electrons. The van der Waals surface area contributed by atoms with Crippen LogP contribution in [0.25, 0.3) is 43.7 Å². The van der Waals surface area contributed by atoms with E-state index in [0.29, 0.717) is 0 Å². The molecule has 7 rings (SSSR count). The van der Waals surface area contributed by atoms with Crippen LogP contribution in [0.15, 0.2) is 85.5 Å². The first-order valence-corrected chi connectivity index (χ1v) is 11.3. The highest BCUT2D eigenvalue weighted by molar-refractivity contribution is 6.03. The maximum Gasteiger partial charge on any atom is 0.330 e. The number of nitrogens with zero attached hydrogens (tertiary/aromatic N) is 2. The number of fused-ring (bicyclic) bond motifs is 2. The fourth-order valence-electron chi connectivity index (χ4n) is 5.22. The number of hydrogen-bond donors (Lipinski definition) is 2. The van der Waals surface area contributed by atoms with Gasteiger partial charge in [0.2, 0.25) is 0 Å². The molecule has 0 aliphatic carbocycles. The van der Waals surface area contributed by atoms with Crippen molar-refractivity contribution in [1.29, 1.82) is 0 Å². The van der Waals surface area contributed by atoms with Crippen molar-refractivity contribution in [2.45, 2.75) is 19.4 Å². The molecule has 5 nitrogen and oxygen atoms in total. The molecule has 5 heteroatoms. The number of aromatic nitrogens is 3. The summed E-state index contributed by atoms with van der Waals surface area (Å²) >= 11 is 0. The van der Waals surface area contributed by atoms with Gasteiger partial charge in [0, 0.05) is 53.0 Å². The summed E-state index contributed by atoms with van der Waals surface area (Å²) in [4.78, 5) is 16.2. The van der Waals surface area contributed by atoms with Crippen molar-refractivity contribution in [3.63, 3.8) is 0 Å². The van der Waals surface area contributed by atoms with Crippen LogP contribution in [0.3, 0.4) is 0 Å². The van der Waals surface area contributed by atoms with Gasteiger partial charge < -0.3 is 14.9 Å². The van der Waals surface area contributed by atoms with Crippen molar-refractivity contribution in [2.75, 3.05) is 5.32 Å². The number of benzene rings is 3. The molecule has 0 unspecified atom stereocenters. The number of carbonyl (C=O) groups excluding carboxylic acids is 1. The second kappa shape index (κ2) is 6.87. The van der Waals surface area contributed by atoms with Crippen molar-refractivity contribution in [3.8, 4) is 11.1 Å². The fourth-order valence-corrected chi connectivity index (χ4v) is 5.22. The Bertz CT molecular complexity index is 1700. The maximum absolute atomic E-state index is 13.0. The average Bonchev–Trinajstić information content (AvgIpc) is 3.57. The number of para-hydroxylation sites is 1. The van der Waals surface area contributed by atoms with Gasteiger partial charge in [0.15, 0.2) is 0 Å². The van der Waals surface area contributed by atoms with Gasteiger partial charge in [-0.2, -0.15) is 0 Å². The number of anilines is 1. The minimum absolute atomic E-state index is 0.176. The largest absolute Gasteiger partial charge is 0.359 e. The zero-order valence-electron chi connectivity index (χ0n) is 18.0. The number of rotatable bonds is 2. The van der Waals surface area contributed by atoms with E-state index in [9.17, 15) is 4.79 Å². The van der Waals surface area contributed by atoms with Crippen molar-refractivity contribution in [2.24, 2.45) is 0 Å². The van der Waals surface area contributed by atoms with Crippen molar-refractivity contribution >= 4 is 44.3 Å². The Balaban J connectivity index is 1.23. The molecular weight excluding hydrogens is 408 g/mol. The molecule has 4 heterocycles. The van der Waals surface area contributed by atoms with Crippen LogP contribution in [0, 0.1) is 0 Å². The summed E-state index contributed by atoms with van der Waals surface area (Å²) in [6.45, 7) is 1.11. The molecule has 1 aliphatic heterocycles. The smallest absolute Gasteiger partial charge is 0.330 e. The standard InChI is InChI=1S/C28H22N4O/c33-28(30-26-15-29-25-6-2-1-5-24(25)26)32-16-21-8-7-18(12-23(21)17-32)22-13-19-4-3-10-31-11-9-20(14-22)27(19)31/h1-2,5-9,11-17,29H,3-4,10H2,(H,30,33). The number of H-pyrrole nitrogens is 1. The average molecular weight is 431 g/mol. The van der Waals surface area contributed by atoms with Crippen molar-refractivity contribution in [3.05, 3.63) is 91.0 Å². The van der Waals surface area contributed by atoms with Crippen LogP contribution in [0.1, 0.15) is 12.0 Å². The number of amides is 1. The lowest BCUT2D eigenvalue weighted by Gasteiger charge is -2.17. The second-order valence-corrected chi connectivity index (χ2v) is 8.87. The third-order valence-corrected chi connectivity index (χ3v) is 6.83. The molecule has 0 atom stereocenters. The molecule has 3 aromatic carbocycles. The molecule has 0 saturated carbocycles. The first-order chi connectivity index (χ1) is 16.2. The van der Waals surface area contributed by atoms with Crippen LogP contribution in [0.4, 0.5) is 10.5 Å². The van der Waals surface area contributed by atoms with E-state index < -0.39 is 0 Å². The highest BCUT2D eigenvalue weighted by Gasteiger charge is 2.15. The number of aryl methyl sites for hydroxylation is 2. The van der Waals surface area contributed by atoms with Gasteiger partial charge in [-0.1, -0.05) is 30.3 Å². The predicted molar refractivity (Wildman–Crippen MR) is 134 cm³/mol. The van der Waals surface area contributed by atoms with E-state index in [1.807, 2.05) is 42.9 Å². The predicted octanol–water partition coefficient (Wildman–Crippen LogP) is 6.77. The molecule has 160 valence electrons. The van der Waals surface area contributed by atoms with Crippen LogP contribution in [0.5, 0.6) is 0 Å². The van der Waals surface area contributed by atoms with Gasteiger partial charge in [-0.25, -0.2) is 4.79 Å². The fraction of sp³-hybridized carbons (Fsp3) is 0.107. The molecule has 2 N–H and O–H groups in total. The Morgan fingerprint density at radius 2 is 1.79 bits per heavy atom. The van der Waals surface area contributed by atoms with E-state index >= 15 is 0 Å². The van der Waals surface area contributed by atoms with Gasteiger partial charge in [-0.15, -0.1) is 0 Å². The lowest BCUT2D eigenvalue weighted by Crippen LogP contribution is -2.17. The number of nitrogens with one attached hydrogen (secondary N) is 2. The molecule has 0 spiro atoms. The Morgan fingerprint density at radius 3 is 2.76 bits per heavy atom. The van der Waals surface area contributed by atoms with Crippen LogP contribution < -0.4 is 5.32 Å².